The van der Waals surface area contributed by atoms with Crippen molar-refractivity contribution in [3.05, 3.63) is 59.4 Å². The van der Waals surface area contributed by atoms with Gasteiger partial charge in [-0.05, 0) is 73.7 Å². The van der Waals surface area contributed by atoms with Crippen molar-refractivity contribution in [2.75, 3.05) is 26.7 Å². The van der Waals surface area contributed by atoms with E-state index < -0.39 is 0 Å². The molecule has 0 aliphatic carbocycles. The normalized spacial score (nSPS) is 22.8. The summed E-state index contributed by atoms with van der Waals surface area (Å²) in [7, 11) is 1.71. The molecule has 0 bridgehead atoms. The van der Waals surface area contributed by atoms with E-state index in [2.05, 4.69) is 39.9 Å². The van der Waals surface area contributed by atoms with Crippen LogP contribution in [0.2, 0.25) is 0 Å². The summed E-state index contributed by atoms with van der Waals surface area (Å²) in [6.45, 7) is 6.89. The lowest BCUT2D eigenvalue weighted by atomic mass is 9.73. The van der Waals surface area contributed by atoms with E-state index >= 15 is 0 Å². The standard InChI is InChI=1S/C24H31N3O2/c1-19-14-22(29-2)5-4-21(19)16-26-13-3-9-24(17-26)10-6-23(28)27(18-24)15-20-7-11-25-12-8-20/h4-5,7-8,11-12,14H,3,6,9-10,13,15-18H2,1-2H3. The Morgan fingerprint density at radius 3 is 2.69 bits per heavy atom. The number of piperidine rings is 2. The maximum Gasteiger partial charge on any atom is 0.222 e. The summed E-state index contributed by atoms with van der Waals surface area (Å²) >= 11 is 0. The minimum absolute atomic E-state index is 0.222. The average Bonchev–Trinajstić information content (AvgIpc) is 2.73. The molecular formula is C24H31N3O2. The number of ether oxygens (including phenoxy) is 1. The number of nitrogens with zero attached hydrogens (tertiary/aromatic N) is 3. The lowest BCUT2D eigenvalue weighted by Gasteiger charge is -2.48. The molecule has 29 heavy (non-hydrogen) atoms. The predicted molar refractivity (Wildman–Crippen MR) is 114 cm³/mol. The van der Waals surface area contributed by atoms with Gasteiger partial charge >= 0.3 is 0 Å². The maximum atomic E-state index is 12.6. The highest BCUT2D eigenvalue weighted by Gasteiger charge is 2.41. The van der Waals surface area contributed by atoms with Crippen molar-refractivity contribution in [3.8, 4) is 5.75 Å². The quantitative estimate of drug-likeness (QED) is 0.775. The van der Waals surface area contributed by atoms with E-state index in [-0.39, 0.29) is 11.3 Å². The molecule has 2 aliphatic heterocycles. The van der Waals surface area contributed by atoms with Gasteiger partial charge in [-0.1, -0.05) is 6.07 Å². The van der Waals surface area contributed by atoms with Crippen molar-refractivity contribution in [2.24, 2.45) is 5.41 Å². The molecule has 5 heteroatoms. The number of pyridine rings is 1. The van der Waals surface area contributed by atoms with Gasteiger partial charge in [0, 0.05) is 50.4 Å². The molecule has 1 aromatic carbocycles. The third-order valence-corrected chi connectivity index (χ3v) is 6.56. The van der Waals surface area contributed by atoms with Crippen LogP contribution in [0.25, 0.3) is 0 Å². The molecule has 1 spiro atoms. The van der Waals surface area contributed by atoms with Crippen LogP contribution in [0, 0.1) is 12.3 Å². The first-order valence-electron chi connectivity index (χ1n) is 10.6. The number of carbonyl (C=O) groups is 1. The summed E-state index contributed by atoms with van der Waals surface area (Å²) in [5.74, 6) is 1.20. The highest BCUT2D eigenvalue weighted by molar-refractivity contribution is 5.77. The molecule has 3 heterocycles. The SMILES string of the molecule is COc1ccc(CN2CCCC3(CCC(=O)N(Cc4ccncc4)C3)C2)c(C)c1. The molecule has 4 rings (SSSR count). The van der Waals surface area contributed by atoms with Gasteiger partial charge in [-0.3, -0.25) is 14.7 Å². The van der Waals surface area contributed by atoms with Crippen molar-refractivity contribution in [2.45, 2.75) is 45.7 Å². The van der Waals surface area contributed by atoms with E-state index in [0.717, 1.165) is 43.9 Å². The summed E-state index contributed by atoms with van der Waals surface area (Å²) in [6, 6.07) is 10.4. The molecule has 1 amide bonds. The zero-order valence-corrected chi connectivity index (χ0v) is 17.6. The molecule has 2 aromatic rings. The molecule has 1 atom stereocenters. The van der Waals surface area contributed by atoms with Crippen molar-refractivity contribution in [3.63, 3.8) is 0 Å². The van der Waals surface area contributed by atoms with E-state index in [1.54, 1.807) is 19.5 Å². The molecule has 154 valence electrons. The van der Waals surface area contributed by atoms with Gasteiger partial charge in [0.1, 0.15) is 5.75 Å². The van der Waals surface area contributed by atoms with E-state index in [4.69, 9.17) is 4.74 Å². The fourth-order valence-corrected chi connectivity index (χ4v) is 4.95. The molecule has 2 fully saturated rings. The Labute approximate surface area is 173 Å². The second-order valence-electron chi connectivity index (χ2n) is 8.71. The number of aryl methyl sites for hydroxylation is 1. The zero-order valence-electron chi connectivity index (χ0n) is 17.6. The van der Waals surface area contributed by atoms with Crippen LogP contribution in [0.3, 0.4) is 0 Å². The maximum absolute atomic E-state index is 12.6. The highest BCUT2D eigenvalue weighted by Crippen LogP contribution is 2.39. The number of hydrogen-bond acceptors (Lipinski definition) is 4. The van der Waals surface area contributed by atoms with Gasteiger partial charge in [0.25, 0.3) is 0 Å². The van der Waals surface area contributed by atoms with Gasteiger partial charge in [-0.25, -0.2) is 0 Å². The predicted octanol–water partition coefficient (Wildman–Crippen LogP) is 3.80. The third-order valence-electron chi connectivity index (χ3n) is 6.56. The number of benzene rings is 1. The first-order valence-corrected chi connectivity index (χ1v) is 10.6. The molecule has 1 unspecified atom stereocenters. The van der Waals surface area contributed by atoms with E-state index in [1.165, 1.54) is 24.0 Å². The first-order chi connectivity index (χ1) is 14.1. The minimum Gasteiger partial charge on any atom is -0.497 e. The lowest BCUT2D eigenvalue weighted by molar-refractivity contribution is -0.140. The summed E-state index contributed by atoms with van der Waals surface area (Å²) in [5, 5.41) is 0. The van der Waals surface area contributed by atoms with Crippen molar-refractivity contribution < 1.29 is 9.53 Å². The molecule has 2 saturated heterocycles. The van der Waals surface area contributed by atoms with Gasteiger partial charge in [-0.2, -0.15) is 0 Å². The number of hydrogen-bond donors (Lipinski definition) is 0. The smallest absolute Gasteiger partial charge is 0.222 e. The Balaban J connectivity index is 1.44. The van der Waals surface area contributed by atoms with Gasteiger partial charge in [-0.15, -0.1) is 0 Å². The van der Waals surface area contributed by atoms with Crippen LogP contribution in [0.15, 0.2) is 42.7 Å². The van der Waals surface area contributed by atoms with E-state index in [1.807, 2.05) is 12.1 Å². The van der Waals surface area contributed by atoms with E-state index in [9.17, 15) is 4.79 Å². The Morgan fingerprint density at radius 1 is 1.10 bits per heavy atom. The molecule has 0 N–H and O–H groups in total. The van der Waals surface area contributed by atoms with Crippen LogP contribution in [-0.2, 0) is 17.9 Å². The van der Waals surface area contributed by atoms with Crippen molar-refractivity contribution in [1.29, 1.82) is 0 Å². The Bertz CT molecular complexity index is 854. The number of methoxy groups -OCH3 is 1. The molecule has 1 aromatic heterocycles. The topological polar surface area (TPSA) is 45.7 Å². The van der Waals surface area contributed by atoms with Crippen LogP contribution in [-0.4, -0.2) is 47.4 Å². The first kappa shape index (κ1) is 19.9. The fraction of sp³-hybridized carbons (Fsp3) is 0.500. The summed E-state index contributed by atoms with van der Waals surface area (Å²) < 4.78 is 5.35. The lowest BCUT2D eigenvalue weighted by Crippen LogP contribution is -2.53. The van der Waals surface area contributed by atoms with Gasteiger partial charge in [0.2, 0.25) is 5.91 Å². The number of aromatic nitrogens is 1. The molecule has 0 radical (unpaired) electrons. The number of rotatable bonds is 5. The second kappa shape index (κ2) is 8.54. The van der Waals surface area contributed by atoms with Crippen molar-refractivity contribution >= 4 is 5.91 Å². The van der Waals surface area contributed by atoms with Gasteiger partial charge < -0.3 is 9.64 Å². The summed E-state index contributed by atoms with van der Waals surface area (Å²) in [5.41, 5.74) is 4.02. The van der Waals surface area contributed by atoms with Crippen LogP contribution in [0.5, 0.6) is 5.75 Å². The van der Waals surface area contributed by atoms with Crippen LogP contribution in [0.1, 0.15) is 42.4 Å². The molecule has 5 nitrogen and oxygen atoms in total. The molecule has 2 aliphatic rings. The monoisotopic (exact) mass is 393 g/mol. The number of amides is 1. The Morgan fingerprint density at radius 2 is 1.93 bits per heavy atom. The molecular weight excluding hydrogens is 362 g/mol. The van der Waals surface area contributed by atoms with Crippen LogP contribution >= 0.6 is 0 Å². The largest absolute Gasteiger partial charge is 0.497 e. The fourth-order valence-electron chi connectivity index (χ4n) is 4.95. The number of carbonyl (C=O) groups excluding carboxylic acids is 1. The summed E-state index contributed by atoms with van der Waals surface area (Å²) in [6.07, 6.45) is 7.70. The molecule has 0 saturated carbocycles. The van der Waals surface area contributed by atoms with Gasteiger partial charge in [0.05, 0.1) is 7.11 Å². The number of likely N-dealkylation sites (tertiary alicyclic amines) is 2. The van der Waals surface area contributed by atoms with Gasteiger partial charge in [0.15, 0.2) is 0 Å². The van der Waals surface area contributed by atoms with Crippen LogP contribution in [0.4, 0.5) is 0 Å². The summed E-state index contributed by atoms with van der Waals surface area (Å²) in [4.78, 5) is 21.3. The zero-order chi connectivity index (χ0) is 20.3. The Kier molecular flexibility index (Phi) is 5.86. The Hall–Kier alpha value is -2.40. The second-order valence-corrected chi connectivity index (χ2v) is 8.71. The highest BCUT2D eigenvalue weighted by atomic mass is 16.5. The van der Waals surface area contributed by atoms with E-state index in [0.29, 0.717) is 13.0 Å². The average molecular weight is 394 g/mol. The van der Waals surface area contributed by atoms with Crippen molar-refractivity contribution in [1.82, 2.24) is 14.8 Å². The van der Waals surface area contributed by atoms with Crippen LogP contribution < -0.4 is 4.74 Å². The third kappa shape index (κ3) is 4.61. The minimum atomic E-state index is 0.222.